The number of para-hydroxylation sites is 1. The Balaban J connectivity index is 1.62. The van der Waals surface area contributed by atoms with Crippen molar-refractivity contribution in [1.82, 2.24) is 9.80 Å². The number of nitrogens with zero attached hydrogens (tertiary/aromatic N) is 3. The van der Waals surface area contributed by atoms with Gasteiger partial charge < -0.3 is 14.5 Å². The summed E-state index contributed by atoms with van der Waals surface area (Å²) in [5.41, 5.74) is 4.08. The molecule has 1 fully saturated rings. The second kappa shape index (κ2) is 13.3. The normalized spacial score (nSPS) is 17.5. The van der Waals surface area contributed by atoms with Crippen molar-refractivity contribution in [2.45, 2.75) is 78.3 Å². The Labute approximate surface area is 228 Å². The quantitative estimate of drug-likeness (QED) is 0.478. The fraction of sp³-hybridized carbons (Fsp3) is 0.562. The minimum Gasteiger partial charge on any atom is -0.497 e. The van der Waals surface area contributed by atoms with Gasteiger partial charge in [-0.15, -0.1) is 0 Å². The molecule has 2 amide bonds. The van der Waals surface area contributed by atoms with Gasteiger partial charge in [-0.2, -0.15) is 0 Å². The molecular formula is C32H45N3O3. The molecule has 6 heteroatoms. The summed E-state index contributed by atoms with van der Waals surface area (Å²) in [4.78, 5) is 33.8. The first-order valence-corrected chi connectivity index (χ1v) is 14.4. The molecule has 4 rings (SSSR count). The zero-order valence-corrected chi connectivity index (χ0v) is 23.7. The lowest BCUT2D eigenvalue weighted by Crippen LogP contribution is -2.41. The minimum absolute atomic E-state index is 0.0870. The largest absolute Gasteiger partial charge is 0.497 e. The summed E-state index contributed by atoms with van der Waals surface area (Å²) in [6.07, 6.45) is 6.66. The number of carbonyl (C=O) groups is 2. The number of carbonyl (C=O) groups excluding carboxylic acids is 2. The Morgan fingerprint density at radius 3 is 2.37 bits per heavy atom. The van der Waals surface area contributed by atoms with E-state index in [1.807, 2.05) is 34.1 Å². The van der Waals surface area contributed by atoms with Crippen molar-refractivity contribution in [3.63, 3.8) is 0 Å². The molecule has 1 aliphatic carbocycles. The number of benzene rings is 2. The van der Waals surface area contributed by atoms with Crippen LogP contribution in [0.15, 0.2) is 42.5 Å². The highest BCUT2D eigenvalue weighted by molar-refractivity contribution is 5.96. The summed E-state index contributed by atoms with van der Waals surface area (Å²) in [6, 6.07) is 14.3. The van der Waals surface area contributed by atoms with Gasteiger partial charge in [0.1, 0.15) is 5.75 Å². The number of methoxy groups -OCH3 is 1. The number of anilines is 1. The van der Waals surface area contributed by atoms with Gasteiger partial charge in [0.05, 0.1) is 19.2 Å². The molecule has 0 saturated heterocycles. The van der Waals surface area contributed by atoms with Crippen molar-refractivity contribution in [1.29, 1.82) is 0 Å². The Hall–Kier alpha value is -2.86. The fourth-order valence-electron chi connectivity index (χ4n) is 5.68. The third kappa shape index (κ3) is 7.16. The van der Waals surface area contributed by atoms with Gasteiger partial charge in [-0.1, -0.05) is 49.6 Å². The van der Waals surface area contributed by atoms with Crippen LogP contribution in [0.3, 0.4) is 0 Å². The smallest absolute Gasteiger partial charge is 0.231 e. The molecule has 0 spiro atoms. The Morgan fingerprint density at radius 1 is 0.947 bits per heavy atom. The first kappa shape index (κ1) is 28.2. The second-order valence-corrected chi connectivity index (χ2v) is 11.3. The average molecular weight is 520 g/mol. The maximum Gasteiger partial charge on any atom is 0.231 e. The van der Waals surface area contributed by atoms with Crippen molar-refractivity contribution in [3.05, 3.63) is 59.2 Å². The van der Waals surface area contributed by atoms with Crippen LogP contribution in [-0.4, -0.2) is 60.9 Å². The number of hydrogen-bond acceptors (Lipinski definition) is 4. The predicted octanol–water partition coefficient (Wildman–Crippen LogP) is 5.60. The molecule has 0 N–H and O–H groups in total. The molecule has 0 atom stereocenters. The van der Waals surface area contributed by atoms with Crippen LogP contribution in [0.1, 0.15) is 69.1 Å². The maximum atomic E-state index is 13.8. The average Bonchev–Trinajstić information content (AvgIpc) is 2.91. The van der Waals surface area contributed by atoms with Crippen LogP contribution in [0.2, 0.25) is 0 Å². The summed E-state index contributed by atoms with van der Waals surface area (Å²) in [7, 11) is 1.65. The highest BCUT2D eigenvalue weighted by Crippen LogP contribution is 2.32. The Bertz CT molecular complexity index is 1080. The van der Waals surface area contributed by atoms with Crippen LogP contribution in [-0.2, 0) is 22.6 Å². The molecule has 206 valence electrons. The van der Waals surface area contributed by atoms with Gasteiger partial charge in [0.25, 0.3) is 0 Å². The van der Waals surface area contributed by atoms with E-state index in [-0.39, 0.29) is 11.8 Å². The lowest BCUT2D eigenvalue weighted by Gasteiger charge is -2.31. The monoisotopic (exact) mass is 519 g/mol. The van der Waals surface area contributed by atoms with E-state index >= 15 is 0 Å². The molecule has 2 aromatic rings. The zero-order chi connectivity index (χ0) is 27.1. The molecule has 1 heterocycles. The van der Waals surface area contributed by atoms with Gasteiger partial charge in [-0.05, 0) is 68.4 Å². The van der Waals surface area contributed by atoms with Crippen molar-refractivity contribution in [3.8, 4) is 5.75 Å². The van der Waals surface area contributed by atoms with Crippen LogP contribution in [0.5, 0.6) is 5.75 Å². The van der Waals surface area contributed by atoms with Gasteiger partial charge in [0, 0.05) is 45.2 Å². The maximum absolute atomic E-state index is 13.8. The summed E-state index contributed by atoms with van der Waals surface area (Å²) < 4.78 is 5.29. The molecule has 0 unspecified atom stereocenters. The standard InChI is InChI=1S/C32H45N3O3/c1-24(2)33-18-7-19-35(31(37)22-27-12-15-29(38-4)16-13-27)32-25(3)8-5-11-28(32)23-34(21-20-33)30(36)17-14-26-9-6-10-26/h5,8,11-13,15-16,24,26H,6-7,9-10,14,17-23H2,1-4H3. The van der Waals surface area contributed by atoms with Crippen molar-refractivity contribution >= 4 is 17.5 Å². The molecule has 0 aromatic heterocycles. The van der Waals surface area contributed by atoms with Gasteiger partial charge in [0.2, 0.25) is 11.8 Å². The lowest BCUT2D eigenvalue weighted by atomic mass is 9.82. The van der Waals surface area contributed by atoms with Crippen molar-refractivity contribution in [2.24, 2.45) is 5.92 Å². The summed E-state index contributed by atoms with van der Waals surface area (Å²) in [6.45, 7) is 10.2. The van der Waals surface area contributed by atoms with Crippen LogP contribution < -0.4 is 9.64 Å². The van der Waals surface area contributed by atoms with Gasteiger partial charge >= 0.3 is 0 Å². The van der Waals surface area contributed by atoms with Crippen molar-refractivity contribution in [2.75, 3.05) is 38.2 Å². The van der Waals surface area contributed by atoms with Crippen LogP contribution in [0.25, 0.3) is 0 Å². The first-order valence-electron chi connectivity index (χ1n) is 14.4. The molecule has 1 aliphatic heterocycles. The fourth-order valence-corrected chi connectivity index (χ4v) is 5.68. The molecule has 2 aromatic carbocycles. The van der Waals surface area contributed by atoms with E-state index in [4.69, 9.17) is 4.74 Å². The van der Waals surface area contributed by atoms with E-state index in [2.05, 4.69) is 43.9 Å². The van der Waals surface area contributed by atoms with E-state index in [1.54, 1.807) is 7.11 Å². The molecule has 0 radical (unpaired) electrons. The molecule has 38 heavy (non-hydrogen) atoms. The molecule has 1 saturated carbocycles. The minimum atomic E-state index is 0.0870. The van der Waals surface area contributed by atoms with Gasteiger partial charge in [0.15, 0.2) is 0 Å². The number of fused-ring (bicyclic) bond motifs is 1. The number of ether oxygens (including phenoxy) is 1. The van der Waals surface area contributed by atoms with E-state index in [9.17, 15) is 9.59 Å². The number of amides is 2. The Kier molecular flexibility index (Phi) is 9.84. The number of aryl methyl sites for hydroxylation is 1. The highest BCUT2D eigenvalue weighted by atomic mass is 16.5. The van der Waals surface area contributed by atoms with Crippen LogP contribution in [0.4, 0.5) is 5.69 Å². The van der Waals surface area contributed by atoms with Gasteiger partial charge in [-0.25, -0.2) is 0 Å². The molecule has 6 nitrogen and oxygen atoms in total. The lowest BCUT2D eigenvalue weighted by molar-refractivity contribution is -0.132. The van der Waals surface area contributed by atoms with E-state index in [0.29, 0.717) is 32.0 Å². The summed E-state index contributed by atoms with van der Waals surface area (Å²) in [5.74, 6) is 1.83. The predicted molar refractivity (Wildman–Crippen MR) is 154 cm³/mol. The first-order chi connectivity index (χ1) is 18.4. The molecular weight excluding hydrogens is 474 g/mol. The highest BCUT2D eigenvalue weighted by Gasteiger charge is 2.26. The topological polar surface area (TPSA) is 53.1 Å². The SMILES string of the molecule is COc1ccc(CC(=O)N2CCCN(C(C)C)CCN(C(=O)CCC3CCC3)Cc3cccc(C)c32)cc1. The summed E-state index contributed by atoms with van der Waals surface area (Å²) >= 11 is 0. The third-order valence-electron chi connectivity index (χ3n) is 8.33. The number of rotatable bonds is 7. The van der Waals surface area contributed by atoms with Crippen LogP contribution in [0, 0.1) is 12.8 Å². The number of hydrogen-bond donors (Lipinski definition) is 0. The Morgan fingerprint density at radius 2 is 1.71 bits per heavy atom. The molecule has 0 bridgehead atoms. The van der Waals surface area contributed by atoms with Gasteiger partial charge in [-0.3, -0.25) is 14.5 Å². The third-order valence-corrected chi connectivity index (χ3v) is 8.33. The van der Waals surface area contributed by atoms with Crippen molar-refractivity contribution < 1.29 is 14.3 Å². The molecule has 2 aliphatic rings. The second-order valence-electron chi connectivity index (χ2n) is 11.3. The summed E-state index contributed by atoms with van der Waals surface area (Å²) in [5, 5.41) is 0. The van der Waals surface area contributed by atoms with Crippen LogP contribution >= 0.6 is 0 Å². The van der Waals surface area contributed by atoms with E-state index in [1.165, 1.54) is 19.3 Å². The van der Waals surface area contributed by atoms with E-state index < -0.39 is 0 Å². The van der Waals surface area contributed by atoms with E-state index in [0.717, 1.165) is 66.5 Å². The zero-order valence-electron chi connectivity index (χ0n) is 23.7.